The van der Waals surface area contributed by atoms with Gasteiger partial charge in [0.1, 0.15) is 0 Å². The zero-order valence-corrected chi connectivity index (χ0v) is 11.7. The second kappa shape index (κ2) is 8.35. The zero-order chi connectivity index (χ0) is 12.5. The molecule has 0 aliphatic carbocycles. The van der Waals surface area contributed by atoms with Crippen LogP contribution in [0.1, 0.15) is 45.2 Å². The van der Waals surface area contributed by atoms with Gasteiger partial charge < -0.3 is 4.90 Å². The van der Waals surface area contributed by atoms with E-state index in [-0.39, 0.29) is 0 Å². The van der Waals surface area contributed by atoms with E-state index < -0.39 is 0 Å². The Morgan fingerprint density at radius 2 is 1.82 bits per heavy atom. The highest BCUT2D eigenvalue weighted by Gasteiger charge is 2.06. The number of unbranched alkanes of at least 4 members (excludes halogenated alkanes) is 2. The van der Waals surface area contributed by atoms with E-state index in [1.807, 2.05) is 6.20 Å². The number of alkyl halides is 1. The first kappa shape index (κ1) is 14.3. The van der Waals surface area contributed by atoms with Crippen LogP contribution >= 0.6 is 11.6 Å². The van der Waals surface area contributed by atoms with Gasteiger partial charge in [-0.05, 0) is 25.0 Å². The van der Waals surface area contributed by atoms with Gasteiger partial charge in [0.05, 0.1) is 11.6 Å². The lowest BCUT2D eigenvalue weighted by molar-refractivity contribution is 0.677. The van der Waals surface area contributed by atoms with E-state index in [2.05, 4.69) is 35.9 Å². The van der Waals surface area contributed by atoms with Crippen LogP contribution in [0.15, 0.2) is 18.3 Å². The monoisotopic (exact) mass is 254 g/mol. The van der Waals surface area contributed by atoms with Crippen molar-refractivity contribution in [2.24, 2.45) is 0 Å². The number of anilines is 1. The molecule has 0 aliphatic heterocycles. The Morgan fingerprint density at radius 1 is 1.18 bits per heavy atom. The second-order valence-electron chi connectivity index (χ2n) is 4.33. The van der Waals surface area contributed by atoms with Crippen LogP contribution in [0.3, 0.4) is 0 Å². The Hall–Kier alpha value is -0.760. The van der Waals surface area contributed by atoms with Crippen LogP contribution in [-0.4, -0.2) is 18.1 Å². The van der Waals surface area contributed by atoms with Crippen molar-refractivity contribution < 1.29 is 0 Å². The molecule has 0 saturated heterocycles. The van der Waals surface area contributed by atoms with Crippen LogP contribution < -0.4 is 4.90 Å². The van der Waals surface area contributed by atoms with Gasteiger partial charge in [-0.2, -0.15) is 0 Å². The highest BCUT2D eigenvalue weighted by atomic mass is 35.5. The third-order valence-electron chi connectivity index (χ3n) is 2.87. The number of pyridine rings is 1. The average molecular weight is 255 g/mol. The molecule has 0 bridgehead atoms. The van der Waals surface area contributed by atoms with Crippen molar-refractivity contribution >= 4 is 17.3 Å². The molecule has 0 saturated carbocycles. The summed E-state index contributed by atoms with van der Waals surface area (Å²) in [4.78, 5) is 6.69. The molecule has 2 nitrogen and oxygen atoms in total. The summed E-state index contributed by atoms with van der Waals surface area (Å²) in [7, 11) is 0. The molecule has 0 aromatic carbocycles. The molecule has 0 unspecified atom stereocenters. The quantitative estimate of drug-likeness (QED) is 0.646. The minimum absolute atomic E-state index is 0.489. The maximum Gasteiger partial charge on any atom is 0.0648 e. The van der Waals surface area contributed by atoms with Gasteiger partial charge in [-0.25, -0.2) is 0 Å². The fourth-order valence-electron chi connectivity index (χ4n) is 1.80. The van der Waals surface area contributed by atoms with Crippen molar-refractivity contribution in [1.82, 2.24) is 4.98 Å². The highest BCUT2D eigenvalue weighted by molar-refractivity contribution is 6.16. The lowest BCUT2D eigenvalue weighted by Gasteiger charge is -2.24. The summed E-state index contributed by atoms with van der Waals surface area (Å²) in [6.45, 7) is 6.72. The Labute approximate surface area is 110 Å². The van der Waals surface area contributed by atoms with E-state index in [1.54, 1.807) is 0 Å². The maximum atomic E-state index is 5.83. The van der Waals surface area contributed by atoms with Gasteiger partial charge in [0.25, 0.3) is 0 Å². The Morgan fingerprint density at radius 3 is 2.35 bits per heavy atom. The predicted octanol–water partition coefficient (Wildman–Crippen LogP) is 4.23. The molecule has 17 heavy (non-hydrogen) atoms. The van der Waals surface area contributed by atoms with Crippen molar-refractivity contribution in [2.45, 2.75) is 45.4 Å². The molecule has 0 spiro atoms. The van der Waals surface area contributed by atoms with Crippen LogP contribution in [0.2, 0.25) is 0 Å². The third-order valence-corrected chi connectivity index (χ3v) is 3.14. The van der Waals surface area contributed by atoms with E-state index in [1.165, 1.54) is 31.4 Å². The molecule has 1 aromatic rings. The SMILES string of the molecule is CCCCN(CCCC)c1ccnc(CCl)c1. The summed E-state index contributed by atoms with van der Waals surface area (Å²) < 4.78 is 0. The molecule has 0 radical (unpaired) electrons. The number of rotatable bonds is 8. The first-order valence-corrected chi connectivity index (χ1v) is 7.11. The average Bonchev–Trinajstić information content (AvgIpc) is 2.39. The van der Waals surface area contributed by atoms with Crippen LogP contribution in [0, 0.1) is 0 Å². The van der Waals surface area contributed by atoms with Crippen molar-refractivity contribution in [1.29, 1.82) is 0 Å². The maximum absolute atomic E-state index is 5.83. The van der Waals surface area contributed by atoms with E-state index in [0.717, 1.165) is 18.8 Å². The first-order valence-electron chi connectivity index (χ1n) is 6.57. The molecule has 0 aliphatic rings. The van der Waals surface area contributed by atoms with Crippen LogP contribution in [-0.2, 0) is 5.88 Å². The first-order chi connectivity index (χ1) is 8.31. The van der Waals surface area contributed by atoms with Crippen molar-refractivity contribution in [2.75, 3.05) is 18.0 Å². The molecular formula is C14H23ClN2. The molecular weight excluding hydrogens is 232 g/mol. The van der Waals surface area contributed by atoms with E-state index in [0.29, 0.717) is 5.88 Å². The Bertz CT molecular complexity index is 307. The van der Waals surface area contributed by atoms with Crippen molar-refractivity contribution in [3.63, 3.8) is 0 Å². The van der Waals surface area contributed by atoms with Crippen LogP contribution in [0.4, 0.5) is 5.69 Å². The smallest absolute Gasteiger partial charge is 0.0648 e. The van der Waals surface area contributed by atoms with Gasteiger partial charge in [0.2, 0.25) is 0 Å². The highest BCUT2D eigenvalue weighted by Crippen LogP contribution is 2.17. The van der Waals surface area contributed by atoms with Gasteiger partial charge in [0.15, 0.2) is 0 Å². The summed E-state index contributed by atoms with van der Waals surface area (Å²) in [5, 5.41) is 0. The van der Waals surface area contributed by atoms with E-state index in [9.17, 15) is 0 Å². The van der Waals surface area contributed by atoms with Gasteiger partial charge >= 0.3 is 0 Å². The fraction of sp³-hybridized carbons (Fsp3) is 0.643. The summed E-state index contributed by atoms with van der Waals surface area (Å²) in [5.74, 6) is 0.489. The Balaban J connectivity index is 2.71. The lowest BCUT2D eigenvalue weighted by Crippen LogP contribution is -2.25. The van der Waals surface area contributed by atoms with E-state index >= 15 is 0 Å². The minimum atomic E-state index is 0.489. The fourth-order valence-corrected chi connectivity index (χ4v) is 1.95. The molecule has 0 N–H and O–H groups in total. The number of hydrogen-bond donors (Lipinski definition) is 0. The number of aromatic nitrogens is 1. The van der Waals surface area contributed by atoms with Gasteiger partial charge in [-0.15, -0.1) is 11.6 Å². The molecule has 1 rings (SSSR count). The second-order valence-corrected chi connectivity index (χ2v) is 4.60. The predicted molar refractivity (Wildman–Crippen MR) is 75.8 cm³/mol. The topological polar surface area (TPSA) is 16.1 Å². The standard InChI is InChI=1S/C14H23ClN2/c1-3-5-9-17(10-6-4-2)14-7-8-16-13(11-14)12-15/h7-8,11H,3-6,9-10,12H2,1-2H3. The zero-order valence-electron chi connectivity index (χ0n) is 11.0. The Kier molecular flexibility index (Phi) is 7.02. The van der Waals surface area contributed by atoms with Crippen LogP contribution in [0.5, 0.6) is 0 Å². The molecule has 0 fully saturated rings. The molecule has 0 atom stereocenters. The summed E-state index contributed by atoms with van der Waals surface area (Å²) in [6.07, 6.45) is 6.80. The third kappa shape index (κ3) is 4.95. The molecule has 96 valence electrons. The lowest BCUT2D eigenvalue weighted by atomic mass is 10.2. The van der Waals surface area contributed by atoms with Gasteiger partial charge in [-0.3, -0.25) is 4.98 Å². The molecule has 0 amide bonds. The molecule has 1 heterocycles. The minimum Gasteiger partial charge on any atom is -0.371 e. The van der Waals surface area contributed by atoms with Crippen LogP contribution in [0.25, 0.3) is 0 Å². The van der Waals surface area contributed by atoms with Crippen molar-refractivity contribution in [3.8, 4) is 0 Å². The molecule has 3 heteroatoms. The van der Waals surface area contributed by atoms with Gasteiger partial charge in [0, 0.05) is 25.0 Å². The summed E-state index contributed by atoms with van der Waals surface area (Å²) in [6, 6.07) is 4.19. The summed E-state index contributed by atoms with van der Waals surface area (Å²) >= 11 is 5.83. The largest absolute Gasteiger partial charge is 0.371 e. The number of halogens is 1. The normalized spacial score (nSPS) is 10.5. The van der Waals surface area contributed by atoms with Crippen molar-refractivity contribution in [3.05, 3.63) is 24.0 Å². The molecule has 1 aromatic heterocycles. The van der Waals surface area contributed by atoms with E-state index in [4.69, 9.17) is 11.6 Å². The number of hydrogen-bond acceptors (Lipinski definition) is 2. The van der Waals surface area contributed by atoms with Gasteiger partial charge in [-0.1, -0.05) is 26.7 Å². The number of nitrogens with zero attached hydrogens (tertiary/aromatic N) is 2. The summed E-state index contributed by atoms with van der Waals surface area (Å²) in [5.41, 5.74) is 2.22.